The number of nitrogens with zero attached hydrogens (tertiary/aromatic N) is 2. The largest absolute Gasteiger partial charge is 0.504 e. The maximum atomic E-state index is 13.2. The highest BCUT2D eigenvalue weighted by molar-refractivity contribution is 5.95. The third kappa shape index (κ3) is 5.17. The van der Waals surface area contributed by atoms with Crippen LogP contribution in [0.5, 0.6) is 5.75 Å². The fourth-order valence-electron chi connectivity index (χ4n) is 2.56. The van der Waals surface area contributed by atoms with Gasteiger partial charge in [-0.3, -0.25) is 4.79 Å². The van der Waals surface area contributed by atoms with Crippen LogP contribution < -0.4 is 11.1 Å². The fraction of sp³-hybridized carbons (Fsp3) is 0.412. The first-order valence-corrected chi connectivity index (χ1v) is 7.88. The summed E-state index contributed by atoms with van der Waals surface area (Å²) in [5.41, 5.74) is 6.82. The Balaban J connectivity index is 0.00000312. The Kier molecular flexibility index (Phi) is 7.38. The Morgan fingerprint density at radius 2 is 2.12 bits per heavy atom. The average molecular weight is 371 g/mol. The Morgan fingerprint density at radius 1 is 1.44 bits per heavy atom. The predicted octanol–water partition coefficient (Wildman–Crippen LogP) is 2.55. The predicted molar refractivity (Wildman–Crippen MR) is 96.9 cm³/mol. The first kappa shape index (κ1) is 20.9. The SMILES string of the molecule is Cc1cc(F)ccc1-n1cc(O)c(C(=O)NC(CN)CC(C)C)n1.Cl. The highest BCUT2D eigenvalue weighted by atomic mass is 35.5. The summed E-state index contributed by atoms with van der Waals surface area (Å²) in [6.45, 7) is 6.11. The van der Waals surface area contributed by atoms with Crippen molar-refractivity contribution < 1.29 is 14.3 Å². The Morgan fingerprint density at radius 3 is 2.68 bits per heavy atom. The van der Waals surface area contributed by atoms with Crippen LogP contribution >= 0.6 is 12.4 Å². The second kappa shape index (κ2) is 8.82. The molecule has 2 rings (SSSR count). The lowest BCUT2D eigenvalue weighted by molar-refractivity contribution is 0.0925. The average Bonchev–Trinajstić information content (AvgIpc) is 2.87. The molecule has 0 aliphatic carbocycles. The number of hydrogen-bond acceptors (Lipinski definition) is 4. The molecule has 1 atom stereocenters. The monoisotopic (exact) mass is 370 g/mol. The molecule has 1 unspecified atom stereocenters. The van der Waals surface area contributed by atoms with E-state index in [1.165, 1.54) is 23.0 Å². The molecule has 1 amide bonds. The van der Waals surface area contributed by atoms with Crippen molar-refractivity contribution >= 4 is 18.3 Å². The lowest BCUT2D eigenvalue weighted by atomic mass is 10.0. The molecule has 6 nitrogen and oxygen atoms in total. The number of amides is 1. The summed E-state index contributed by atoms with van der Waals surface area (Å²) in [6.07, 6.45) is 2.07. The smallest absolute Gasteiger partial charge is 0.275 e. The van der Waals surface area contributed by atoms with Crippen molar-refractivity contribution in [3.05, 3.63) is 41.5 Å². The summed E-state index contributed by atoms with van der Waals surface area (Å²) in [6, 6.07) is 4.02. The number of carbonyl (C=O) groups is 1. The number of carbonyl (C=O) groups excluding carboxylic acids is 1. The second-order valence-electron chi connectivity index (χ2n) is 6.27. The van der Waals surface area contributed by atoms with E-state index >= 15 is 0 Å². The minimum absolute atomic E-state index is 0. The van der Waals surface area contributed by atoms with Crippen LogP contribution in [0.25, 0.3) is 5.69 Å². The van der Waals surface area contributed by atoms with E-state index < -0.39 is 5.91 Å². The molecular weight excluding hydrogens is 347 g/mol. The lowest BCUT2D eigenvalue weighted by Gasteiger charge is -2.18. The Hall–Kier alpha value is -2.12. The molecule has 0 spiro atoms. The van der Waals surface area contributed by atoms with Crippen molar-refractivity contribution in [2.75, 3.05) is 6.54 Å². The standard InChI is InChI=1S/C17H23FN4O2.ClH/c1-10(2)6-13(8-19)20-17(24)16-15(23)9-22(21-16)14-5-4-12(18)7-11(14)3;/h4-5,7,9-10,13,23H,6,8,19H2,1-3H3,(H,20,24);1H. The number of aromatic hydroxyl groups is 1. The molecule has 2 aromatic rings. The van der Waals surface area contributed by atoms with E-state index in [9.17, 15) is 14.3 Å². The summed E-state index contributed by atoms with van der Waals surface area (Å²) < 4.78 is 14.6. The van der Waals surface area contributed by atoms with Crippen LogP contribution in [0.3, 0.4) is 0 Å². The molecule has 0 fully saturated rings. The van der Waals surface area contributed by atoms with Crippen LogP contribution in [0.1, 0.15) is 36.3 Å². The lowest BCUT2D eigenvalue weighted by Crippen LogP contribution is -2.41. The van der Waals surface area contributed by atoms with Crippen molar-refractivity contribution in [1.82, 2.24) is 15.1 Å². The van der Waals surface area contributed by atoms with Crippen LogP contribution in [0, 0.1) is 18.7 Å². The molecule has 0 aliphatic rings. The van der Waals surface area contributed by atoms with Crippen LogP contribution in [0.15, 0.2) is 24.4 Å². The number of benzene rings is 1. The summed E-state index contributed by atoms with van der Waals surface area (Å²) >= 11 is 0. The van der Waals surface area contributed by atoms with Crippen LogP contribution in [-0.4, -0.2) is 33.4 Å². The molecule has 138 valence electrons. The Bertz CT molecular complexity index is 733. The highest BCUT2D eigenvalue weighted by Crippen LogP contribution is 2.21. The Labute approximate surface area is 152 Å². The maximum Gasteiger partial charge on any atom is 0.275 e. The van der Waals surface area contributed by atoms with Gasteiger partial charge >= 0.3 is 0 Å². The molecule has 1 heterocycles. The van der Waals surface area contributed by atoms with Gasteiger partial charge in [0.1, 0.15) is 5.82 Å². The topological polar surface area (TPSA) is 93.2 Å². The maximum absolute atomic E-state index is 13.2. The first-order chi connectivity index (χ1) is 11.3. The number of halogens is 2. The summed E-state index contributed by atoms with van der Waals surface area (Å²) in [7, 11) is 0. The first-order valence-electron chi connectivity index (χ1n) is 7.88. The van der Waals surface area contributed by atoms with E-state index in [1.54, 1.807) is 13.0 Å². The third-order valence-corrected chi connectivity index (χ3v) is 3.69. The molecule has 0 bridgehead atoms. The van der Waals surface area contributed by atoms with Gasteiger partial charge in [0.15, 0.2) is 11.4 Å². The second-order valence-corrected chi connectivity index (χ2v) is 6.27. The van der Waals surface area contributed by atoms with Crippen molar-refractivity contribution in [3.63, 3.8) is 0 Å². The molecule has 0 saturated heterocycles. The number of nitrogens with one attached hydrogen (secondary N) is 1. The molecule has 0 saturated carbocycles. The van der Waals surface area contributed by atoms with Gasteiger partial charge in [-0.05, 0) is 43.0 Å². The van der Waals surface area contributed by atoms with Gasteiger partial charge < -0.3 is 16.2 Å². The number of aryl methyl sites for hydroxylation is 1. The van der Waals surface area contributed by atoms with Crippen LogP contribution in [0.4, 0.5) is 4.39 Å². The minimum atomic E-state index is -0.484. The van der Waals surface area contributed by atoms with Gasteiger partial charge in [0.2, 0.25) is 0 Å². The van der Waals surface area contributed by atoms with Gasteiger partial charge in [0.05, 0.1) is 11.9 Å². The number of hydrogen-bond donors (Lipinski definition) is 3. The third-order valence-electron chi connectivity index (χ3n) is 3.69. The van der Waals surface area contributed by atoms with Gasteiger partial charge in [-0.1, -0.05) is 13.8 Å². The van der Waals surface area contributed by atoms with E-state index in [4.69, 9.17) is 5.73 Å². The van der Waals surface area contributed by atoms with E-state index in [2.05, 4.69) is 10.4 Å². The van der Waals surface area contributed by atoms with Crippen molar-refractivity contribution in [2.24, 2.45) is 11.7 Å². The zero-order valence-corrected chi connectivity index (χ0v) is 15.3. The van der Waals surface area contributed by atoms with Crippen molar-refractivity contribution in [2.45, 2.75) is 33.2 Å². The molecule has 1 aromatic heterocycles. The molecule has 0 aliphatic heterocycles. The zero-order chi connectivity index (χ0) is 17.9. The van der Waals surface area contributed by atoms with Crippen LogP contribution in [-0.2, 0) is 0 Å². The van der Waals surface area contributed by atoms with Gasteiger partial charge in [-0.2, -0.15) is 5.10 Å². The van der Waals surface area contributed by atoms with E-state index in [0.29, 0.717) is 23.7 Å². The fourth-order valence-corrected chi connectivity index (χ4v) is 2.56. The minimum Gasteiger partial charge on any atom is -0.504 e. The molecule has 8 heteroatoms. The molecule has 1 aromatic carbocycles. The number of rotatable bonds is 6. The van der Waals surface area contributed by atoms with Crippen molar-refractivity contribution in [1.29, 1.82) is 0 Å². The van der Waals surface area contributed by atoms with Gasteiger partial charge in [0.25, 0.3) is 5.91 Å². The van der Waals surface area contributed by atoms with E-state index in [1.807, 2.05) is 13.8 Å². The van der Waals surface area contributed by atoms with Crippen LogP contribution in [0.2, 0.25) is 0 Å². The number of aromatic nitrogens is 2. The molecule has 25 heavy (non-hydrogen) atoms. The van der Waals surface area contributed by atoms with Crippen molar-refractivity contribution in [3.8, 4) is 11.4 Å². The zero-order valence-electron chi connectivity index (χ0n) is 14.5. The van der Waals surface area contributed by atoms with Gasteiger partial charge in [-0.25, -0.2) is 9.07 Å². The summed E-state index contributed by atoms with van der Waals surface area (Å²) in [4.78, 5) is 12.3. The molecular formula is C17H24ClFN4O2. The quantitative estimate of drug-likeness (QED) is 0.728. The number of nitrogens with two attached hydrogens (primary N) is 1. The highest BCUT2D eigenvalue weighted by Gasteiger charge is 2.21. The summed E-state index contributed by atoms with van der Waals surface area (Å²) in [5, 5.41) is 16.9. The summed E-state index contributed by atoms with van der Waals surface area (Å²) in [5.74, 6) is -0.699. The van der Waals surface area contributed by atoms with E-state index in [0.717, 1.165) is 6.42 Å². The molecule has 4 N–H and O–H groups in total. The normalized spacial score (nSPS) is 11.9. The van der Waals surface area contributed by atoms with Gasteiger partial charge in [0, 0.05) is 12.6 Å². The van der Waals surface area contributed by atoms with E-state index in [-0.39, 0.29) is 35.7 Å². The van der Waals surface area contributed by atoms with Gasteiger partial charge in [-0.15, -0.1) is 12.4 Å². The molecule has 0 radical (unpaired) electrons.